The Balaban J connectivity index is 1.88. The van der Waals surface area contributed by atoms with Gasteiger partial charge in [0.25, 0.3) is 5.56 Å². The number of fused-ring (bicyclic) bond motifs is 3. The number of nitrogens with two attached hydrogens (primary N) is 1. The van der Waals surface area contributed by atoms with Crippen LogP contribution in [-0.4, -0.2) is 19.5 Å². The Hall–Kier alpha value is -4.06. The highest BCUT2D eigenvalue weighted by molar-refractivity contribution is 6.05. The smallest absolute Gasteiger partial charge is 0.255 e. The first-order valence-corrected chi connectivity index (χ1v) is 8.78. The van der Waals surface area contributed by atoms with E-state index in [9.17, 15) is 4.79 Å². The molecule has 0 saturated heterocycles. The highest BCUT2D eigenvalue weighted by atomic mass is 16.1. The van der Waals surface area contributed by atoms with E-state index >= 15 is 0 Å². The second-order valence-electron chi connectivity index (χ2n) is 6.47. The molecule has 0 bridgehead atoms. The Morgan fingerprint density at radius 2 is 1.57 bits per heavy atom. The van der Waals surface area contributed by atoms with E-state index in [2.05, 4.69) is 15.0 Å². The summed E-state index contributed by atoms with van der Waals surface area (Å²) in [5.41, 5.74) is 9.72. The number of pyridine rings is 2. The van der Waals surface area contributed by atoms with E-state index < -0.39 is 0 Å². The standard InChI is InChI=1S/C22H15N5O/c23-22-25-12-16(13-26-22)14-6-8-19-18(10-14)21-15(11-24-19)7-9-20(28)27(21)17-4-2-1-3-5-17/h1-13H,(H2,23,25,26). The number of anilines is 1. The third kappa shape index (κ3) is 2.59. The second-order valence-corrected chi connectivity index (χ2v) is 6.47. The number of hydrogen-bond donors (Lipinski definition) is 1. The van der Waals surface area contributed by atoms with Crippen molar-refractivity contribution < 1.29 is 0 Å². The number of para-hydroxylation sites is 1. The van der Waals surface area contributed by atoms with Gasteiger partial charge in [0.15, 0.2) is 0 Å². The minimum atomic E-state index is -0.0904. The first-order valence-electron chi connectivity index (χ1n) is 8.78. The van der Waals surface area contributed by atoms with E-state index in [0.717, 1.165) is 38.6 Å². The largest absolute Gasteiger partial charge is 0.368 e. The normalized spacial score (nSPS) is 11.1. The number of rotatable bonds is 2. The van der Waals surface area contributed by atoms with Crippen LogP contribution >= 0.6 is 0 Å². The molecule has 6 nitrogen and oxygen atoms in total. The zero-order valence-corrected chi connectivity index (χ0v) is 14.8. The summed E-state index contributed by atoms with van der Waals surface area (Å²) in [6.07, 6.45) is 5.17. The SMILES string of the molecule is Nc1ncc(-c2ccc3ncc4ccc(=O)n(-c5ccccc5)c4c3c2)cn1. The summed E-state index contributed by atoms with van der Waals surface area (Å²) >= 11 is 0. The number of hydrogen-bond acceptors (Lipinski definition) is 5. The van der Waals surface area contributed by atoms with Crippen molar-refractivity contribution in [2.75, 3.05) is 5.73 Å². The van der Waals surface area contributed by atoms with E-state index in [1.807, 2.05) is 54.6 Å². The molecule has 0 atom stereocenters. The molecule has 3 aromatic heterocycles. The van der Waals surface area contributed by atoms with Crippen molar-refractivity contribution in [2.45, 2.75) is 0 Å². The van der Waals surface area contributed by atoms with Gasteiger partial charge in [-0.1, -0.05) is 24.3 Å². The zero-order chi connectivity index (χ0) is 19.1. The Morgan fingerprint density at radius 3 is 2.36 bits per heavy atom. The van der Waals surface area contributed by atoms with Crippen molar-refractivity contribution in [3.63, 3.8) is 0 Å². The maximum Gasteiger partial charge on any atom is 0.255 e. The predicted octanol–water partition coefficient (Wildman–Crippen LogP) is 3.58. The molecule has 0 radical (unpaired) electrons. The lowest BCUT2D eigenvalue weighted by atomic mass is 10.0. The van der Waals surface area contributed by atoms with Gasteiger partial charge in [0.2, 0.25) is 5.95 Å². The molecule has 0 unspecified atom stereocenters. The predicted molar refractivity (Wildman–Crippen MR) is 110 cm³/mol. The maximum absolute atomic E-state index is 12.8. The fourth-order valence-electron chi connectivity index (χ4n) is 3.41. The first-order chi connectivity index (χ1) is 13.7. The van der Waals surface area contributed by atoms with Gasteiger partial charge < -0.3 is 5.73 Å². The average Bonchev–Trinajstić information content (AvgIpc) is 2.74. The van der Waals surface area contributed by atoms with Gasteiger partial charge in [-0.25, -0.2) is 9.97 Å². The van der Waals surface area contributed by atoms with E-state index in [1.54, 1.807) is 29.2 Å². The molecule has 2 aromatic carbocycles. The van der Waals surface area contributed by atoms with Crippen LogP contribution in [0.2, 0.25) is 0 Å². The molecule has 134 valence electrons. The maximum atomic E-state index is 12.8. The van der Waals surface area contributed by atoms with Gasteiger partial charge in [-0.05, 0) is 35.9 Å². The molecule has 5 rings (SSSR count). The summed E-state index contributed by atoms with van der Waals surface area (Å²) in [6.45, 7) is 0. The molecule has 0 aliphatic rings. The lowest BCUT2D eigenvalue weighted by Gasteiger charge is -2.13. The van der Waals surface area contributed by atoms with E-state index in [1.165, 1.54) is 0 Å². The lowest BCUT2D eigenvalue weighted by Crippen LogP contribution is -2.17. The highest BCUT2D eigenvalue weighted by Gasteiger charge is 2.11. The van der Waals surface area contributed by atoms with Gasteiger partial charge in [-0.15, -0.1) is 0 Å². The van der Waals surface area contributed by atoms with E-state index in [4.69, 9.17) is 5.73 Å². The van der Waals surface area contributed by atoms with E-state index in [0.29, 0.717) is 0 Å². The molecule has 0 spiro atoms. The summed E-state index contributed by atoms with van der Waals surface area (Å²) < 4.78 is 1.72. The van der Waals surface area contributed by atoms with Gasteiger partial charge in [0.05, 0.1) is 11.0 Å². The van der Waals surface area contributed by atoms with Crippen LogP contribution in [0.15, 0.2) is 84.0 Å². The van der Waals surface area contributed by atoms with Crippen LogP contribution in [-0.2, 0) is 0 Å². The molecule has 2 N–H and O–H groups in total. The fraction of sp³-hybridized carbons (Fsp3) is 0. The van der Waals surface area contributed by atoms with Crippen LogP contribution in [0.25, 0.3) is 38.6 Å². The molecular weight excluding hydrogens is 350 g/mol. The Morgan fingerprint density at radius 1 is 0.786 bits per heavy atom. The minimum absolute atomic E-state index is 0.0904. The molecule has 0 amide bonds. The average molecular weight is 365 g/mol. The number of aromatic nitrogens is 4. The Labute approximate surface area is 159 Å². The third-order valence-corrected chi connectivity index (χ3v) is 4.74. The van der Waals surface area contributed by atoms with Crippen LogP contribution in [0.5, 0.6) is 0 Å². The number of nitrogens with zero attached hydrogens (tertiary/aromatic N) is 4. The Kier molecular flexibility index (Phi) is 3.62. The second kappa shape index (κ2) is 6.28. The fourth-order valence-corrected chi connectivity index (χ4v) is 3.41. The van der Waals surface area contributed by atoms with Gasteiger partial charge in [0, 0.05) is 46.7 Å². The van der Waals surface area contributed by atoms with Crippen molar-refractivity contribution in [3.8, 4) is 16.8 Å². The third-order valence-electron chi connectivity index (χ3n) is 4.74. The Bertz CT molecular complexity index is 1380. The summed E-state index contributed by atoms with van der Waals surface area (Å²) in [6, 6.07) is 18.9. The van der Waals surface area contributed by atoms with Crippen LogP contribution in [0.4, 0.5) is 5.95 Å². The molecule has 0 saturated carbocycles. The minimum Gasteiger partial charge on any atom is -0.368 e. The van der Waals surface area contributed by atoms with Crippen LogP contribution in [0.3, 0.4) is 0 Å². The summed E-state index contributed by atoms with van der Waals surface area (Å²) in [5, 5.41) is 1.77. The quantitative estimate of drug-likeness (QED) is 0.483. The van der Waals surface area contributed by atoms with Crippen molar-refractivity contribution in [1.29, 1.82) is 0 Å². The van der Waals surface area contributed by atoms with Crippen molar-refractivity contribution in [1.82, 2.24) is 19.5 Å². The van der Waals surface area contributed by atoms with Crippen LogP contribution < -0.4 is 11.3 Å². The van der Waals surface area contributed by atoms with Crippen molar-refractivity contribution in [2.24, 2.45) is 0 Å². The van der Waals surface area contributed by atoms with Crippen LogP contribution in [0.1, 0.15) is 0 Å². The summed E-state index contributed by atoms with van der Waals surface area (Å²) in [5.74, 6) is 0.231. The summed E-state index contributed by atoms with van der Waals surface area (Å²) in [7, 11) is 0. The van der Waals surface area contributed by atoms with Crippen molar-refractivity contribution >= 4 is 27.8 Å². The molecule has 3 heterocycles. The lowest BCUT2D eigenvalue weighted by molar-refractivity contribution is 1.05. The molecule has 0 aliphatic heterocycles. The monoisotopic (exact) mass is 365 g/mol. The molecule has 0 aliphatic carbocycles. The molecule has 5 aromatic rings. The molecular formula is C22H15N5O. The van der Waals surface area contributed by atoms with E-state index in [-0.39, 0.29) is 11.5 Å². The number of nitrogen functional groups attached to an aromatic ring is 1. The first kappa shape index (κ1) is 16.1. The van der Waals surface area contributed by atoms with Crippen molar-refractivity contribution in [3.05, 3.63) is 89.6 Å². The van der Waals surface area contributed by atoms with Crippen LogP contribution in [0, 0.1) is 0 Å². The van der Waals surface area contributed by atoms with Gasteiger partial charge in [-0.2, -0.15) is 0 Å². The molecule has 0 fully saturated rings. The topological polar surface area (TPSA) is 86.7 Å². The molecule has 28 heavy (non-hydrogen) atoms. The molecule has 6 heteroatoms. The zero-order valence-electron chi connectivity index (χ0n) is 14.8. The highest BCUT2D eigenvalue weighted by Crippen LogP contribution is 2.29. The summed E-state index contributed by atoms with van der Waals surface area (Å²) in [4.78, 5) is 25.5. The number of benzene rings is 2. The van der Waals surface area contributed by atoms with Gasteiger partial charge >= 0.3 is 0 Å². The van der Waals surface area contributed by atoms with Gasteiger partial charge in [0.1, 0.15) is 0 Å². The van der Waals surface area contributed by atoms with Gasteiger partial charge in [-0.3, -0.25) is 14.3 Å².